The van der Waals surface area contributed by atoms with E-state index in [0.717, 1.165) is 5.56 Å². The van der Waals surface area contributed by atoms with Crippen LogP contribution in [0.5, 0.6) is 0 Å². The Hall–Kier alpha value is -1.64. The molecule has 0 saturated carbocycles. The molecule has 1 heterocycles. The molecule has 2 aromatic rings. The standard InChI is InChI=1S/C21H25Cl2N3O3S/c1-15(2)16-3-5-20(6-4-16)30(28,29)26-9-7-25(8-10-26)14-21(27)24-19-12-17(22)11-18(23)13-19/h3-6,11-13,15H,7-10,14H2,1-2H3,(H,24,27). The fraction of sp³-hybridized carbons (Fsp3) is 0.381. The number of hydrogen-bond acceptors (Lipinski definition) is 4. The molecule has 0 spiro atoms. The molecule has 1 N–H and O–H groups in total. The lowest BCUT2D eigenvalue weighted by atomic mass is 10.0. The number of hydrogen-bond donors (Lipinski definition) is 1. The van der Waals surface area contributed by atoms with Gasteiger partial charge < -0.3 is 5.32 Å². The van der Waals surface area contributed by atoms with E-state index in [0.29, 0.717) is 52.7 Å². The van der Waals surface area contributed by atoms with Crippen molar-refractivity contribution in [1.29, 1.82) is 0 Å². The van der Waals surface area contributed by atoms with Crippen molar-refractivity contribution in [2.45, 2.75) is 24.7 Å². The molecule has 1 amide bonds. The maximum atomic E-state index is 12.9. The number of benzene rings is 2. The molecule has 0 unspecified atom stereocenters. The summed E-state index contributed by atoms with van der Waals surface area (Å²) >= 11 is 11.9. The average Bonchev–Trinajstić information content (AvgIpc) is 2.67. The van der Waals surface area contributed by atoms with Gasteiger partial charge in [0, 0.05) is 41.9 Å². The maximum Gasteiger partial charge on any atom is 0.243 e. The molecular weight excluding hydrogens is 445 g/mol. The zero-order chi connectivity index (χ0) is 21.9. The molecule has 2 aromatic carbocycles. The van der Waals surface area contributed by atoms with Crippen LogP contribution in [0.1, 0.15) is 25.3 Å². The van der Waals surface area contributed by atoms with Gasteiger partial charge in [0.2, 0.25) is 15.9 Å². The Morgan fingerprint density at radius 1 is 1.00 bits per heavy atom. The maximum absolute atomic E-state index is 12.9. The smallest absolute Gasteiger partial charge is 0.243 e. The van der Waals surface area contributed by atoms with Crippen molar-refractivity contribution in [3.8, 4) is 0 Å². The van der Waals surface area contributed by atoms with Crippen LogP contribution in [0.2, 0.25) is 10.0 Å². The Labute approximate surface area is 187 Å². The summed E-state index contributed by atoms with van der Waals surface area (Å²) in [6, 6.07) is 11.9. The molecule has 3 rings (SSSR count). The van der Waals surface area contributed by atoms with Crippen molar-refractivity contribution in [3.05, 3.63) is 58.1 Å². The summed E-state index contributed by atoms with van der Waals surface area (Å²) in [7, 11) is -3.54. The van der Waals surface area contributed by atoms with Crippen molar-refractivity contribution in [3.63, 3.8) is 0 Å². The monoisotopic (exact) mass is 469 g/mol. The fourth-order valence-corrected chi connectivity index (χ4v) is 5.28. The minimum Gasteiger partial charge on any atom is -0.325 e. The Morgan fingerprint density at radius 2 is 1.57 bits per heavy atom. The largest absolute Gasteiger partial charge is 0.325 e. The first-order chi connectivity index (χ1) is 14.1. The summed E-state index contributed by atoms with van der Waals surface area (Å²) in [5.74, 6) is 0.147. The van der Waals surface area contributed by atoms with E-state index >= 15 is 0 Å². The molecule has 0 bridgehead atoms. The lowest BCUT2D eigenvalue weighted by Crippen LogP contribution is -2.50. The first kappa shape index (κ1) is 23.0. The zero-order valence-corrected chi connectivity index (χ0v) is 19.3. The number of nitrogens with one attached hydrogen (secondary N) is 1. The van der Waals surface area contributed by atoms with Gasteiger partial charge in [-0.05, 0) is 41.8 Å². The number of piperazine rings is 1. The molecule has 0 aliphatic carbocycles. The van der Waals surface area contributed by atoms with Crippen LogP contribution in [0.25, 0.3) is 0 Å². The molecular formula is C21H25Cl2N3O3S. The lowest BCUT2D eigenvalue weighted by molar-refractivity contribution is -0.117. The first-order valence-electron chi connectivity index (χ1n) is 9.73. The van der Waals surface area contributed by atoms with Gasteiger partial charge in [0.05, 0.1) is 11.4 Å². The van der Waals surface area contributed by atoms with Gasteiger partial charge >= 0.3 is 0 Å². The number of sulfonamides is 1. The fourth-order valence-electron chi connectivity index (χ4n) is 3.33. The number of rotatable bonds is 6. The normalized spacial score (nSPS) is 16.0. The third kappa shape index (κ3) is 5.74. The zero-order valence-electron chi connectivity index (χ0n) is 16.9. The number of carbonyl (C=O) groups excluding carboxylic acids is 1. The minimum absolute atomic E-state index is 0.168. The van der Waals surface area contributed by atoms with Gasteiger partial charge in [0.25, 0.3) is 0 Å². The van der Waals surface area contributed by atoms with Crippen molar-refractivity contribution in [2.24, 2.45) is 0 Å². The van der Waals surface area contributed by atoms with Crippen LogP contribution in [0, 0.1) is 0 Å². The molecule has 1 saturated heterocycles. The summed E-state index contributed by atoms with van der Waals surface area (Å²) in [5, 5.41) is 3.66. The first-order valence-corrected chi connectivity index (χ1v) is 11.9. The van der Waals surface area contributed by atoms with Gasteiger partial charge in [-0.3, -0.25) is 9.69 Å². The highest BCUT2D eigenvalue weighted by Gasteiger charge is 2.29. The Morgan fingerprint density at radius 3 is 2.10 bits per heavy atom. The second-order valence-corrected chi connectivity index (χ2v) is 10.4. The van der Waals surface area contributed by atoms with E-state index in [9.17, 15) is 13.2 Å². The number of halogens is 2. The molecule has 0 radical (unpaired) electrons. The van der Waals surface area contributed by atoms with Crippen molar-refractivity contribution in [1.82, 2.24) is 9.21 Å². The predicted octanol–water partition coefficient (Wildman–Crippen LogP) is 4.06. The minimum atomic E-state index is -3.54. The highest BCUT2D eigenvalue weighted by molar-refractivity contribution is 7.89. The van der Waals surface area contributed by atoms with Gasteiger partial charge in [0.15, 0.2) is 0 Å². The molecule has 0 aromatic heterocycles. The van der Waals surface area contributed by atoms with Crippen molar-refractivity contribution >= 4 is 44.8 Å². The van der Waals surface area contributed by atoms with E-state index in [4.69, 9.17) is 23.2 Å². The highest BCUT2D eigenvalue weighted by atomic mass is 35.5. The Balaban J connectivity index is 1.55. The molecule has 9 heteroatoms. The number of anilines is 1. The number of carbonyl (C=O) groups is 1. The third-order valence-electron chi connectivity index (χ3n) is 5.03. The second-order valence-electron chi connectivity index (χ2n) is 7.61. The quantitative estimate of drug-likeness (QED) is 0.692. The van der Waals surface area contributed by atoms with E-state index in [1.165, 1.54) is 4.31 Å². The van der Waals surface area contributed by atoms with Crippen LogP contribution in [-0.4, -0.2) is 56.3 Å². The van der Waals surface area contributed by atoms with Crippen LogP contribution in [0.3, 0.4) is 0 Å². The summed E-state index contributed by atoms with van der Waals surface area (Å²) in [6.07, 6.45) is 0. The van der Waals surface area contributed by atoms with Gasteiger partial charge in [-0.2, -0.15) is 4.31 Å². The van der Waals surface area contributed by atoms with Crippen molar-refractivity contribution < 1.29 is 13.2 Å². The SMILES string of the molecule is CC(C)c1ccc(S(=O)(=O)N2CCN(CC(=O)Nc3cc(Cl)cc(Cl)c3)CC2)cc1. The van der Waals surface area contributed by atoms with Crippen LogP contribution in [0.4, 0.5) is 5.69 Å². The van der Waals surface area contributed by atoms with E-state index in [1.54, 1.807) is 30.3 Å². The molecule has 1 fully saturated rings. The van der Waals surface area contributed by atoms with Crippen LogP contribution >= 0.6 is 23.2 Å². The van der Waals surface area contributed by atoms with Gasteiger partial charge in [-0.15, -0.1) is 0 Å². The molecule has 1 aliphatic heterocycles. The summed E-state index contributed by atoms with van der Waals surface area (Å²) in [4.78, 5) is 14.5. The summed E-state index contributed by atoms with van der Waals surface area (Å²) < 4.78 is 27.3. The van der Waals surface area contributed by atoms with Gasteiger partial charge in [0.1, 0.15) is 0 Å². The van der Waals surface area contributed by atoms with Crippen LogP contribution in [0.15, 0.2) is 47.4 Å². The van der Waals surface area contributed by atoms with E-state index in [1.807, 2.05) is 17.0 Å². The van der Waals surface area contributed by atoms with E-state index in [2.05, 4.69) is 19.2 Å². The van der Waals surface area contributed by atoms with Crippen LogP contribution in [-0.2, 0) is 14.8 Å². The average molecular weight is 470 g/mol. The lowest BCUT2D eigenvalue weighted by Gasteiger charge is -2.33. The molecule has 1 aliphatic rings. The molecule has 0 atom stereocenters. The predicted molar refractivity (Wildman–Crippen MR) is 121 cm³/mol. The third-order valence-corrected chi connectivity index (χ3v) is 7.38. The van der Waals surface area contributed by atoms with Crippen LogP contribution < -0.4 is 5.32 Å². The summed E-state index contributed by atoms with van der Waals surface area (Å²) in [5.41, 5.74) is 1.63. The molecule has 6 nitrogen and oxygen atoms in total. The van der Waals surface area contributed by atoms with Gasteiger partial charge in [-0.1, -0.05) is 49.2 Å². The highest BCUT2D eigenvalue weighted by Crippen LogP contribution is 2.23. The Bertz CT molecular complexity index is 982. The number of amides is 1. The number of nitrogens with zero attached hydrogens (tertiary/aromatic N) is 2. The van der Waals surface area contributed by atoms with E-state index in [-0.39, 0.29) is 12.5 Å². The molecule has 162 valence electrons. The van der Waals surface area contributed by atoms with Crippen molar-refractivity contribution in [2.75, 3.05) is 38.0 Å². The van der Waals surface area contributed by atoms with E-state index < -0.39 is 10.0 Å². The topological polar surface area (TPSA) is 69.7 Å². The Kier molecular flexibility index (Phi) is 7.42. The summed E-state index contributed by atoms with van der Waals surface area (Å²) in [6.45, 7) is 5.94. The van der Waals surface area contributed by atoms with Gasteiger partial charge in [-0.25, -0.2) is 8.42 Å². The molecule has 30 heavy (non-hydrogen) atoms. The second kappa shape index (κ2) is 9.66.